The first kappa shape index (κ1) is 19.0. The van der Waals surface area contributed by atoms with Gasteiger partial charge in [0.05, 0.1) is 11.2 Å². The lowest BCUT2D eigenvalue weighted by atomic mass is 10.1. The number of pyridine rings is 1. The highest BCUT2D eigenvalue weighted by Crippen LogP contribution is 2.32. The Bertz CT molecular complexity index is 1180. The van der Waals surface area contributed by atoms with Crippen LogP contribution in [0.25, 0.3) is 21.8 Å². The summed E-state index contributed by atoms with van der Waals surface area (Å²) in [4.78, 5) is 16.9. The third-order valence-electron chi connectivity index (χ3n) is 5.26. The fourth-order valence-electron chi connectivity index (χ4n) is 3.78. The van der Waals surface area contributed by atoms with Crippen LogP contribution in [0.1, 0.15) is 31.0 Å². The van der Waals surface area contributed by atoms with E-state index < -0.39 is 0 Å². The molecule has 4 aromatic rings. The van der Waals surface area contributed by atoms with Crippen LogP contribution in [-0.2, 0) is 6.54 Å². The van der Waals surface area contributed by atoms with Gasteiger partial charge >= 0.3 is 6.03 Å². The minimum Gasteiger partial charge on any atom is -0.339 e. The third kappa shape index (κ3) is 3.81. The van der Waals surface area contributed by atoms with Gasteiger partial charge in [-0.25, -0.2) is 4.79 Å². The van der Waals surface area contributed by atoms with E-state index in [1.807, 2.05) is 49.5 Å². The van der Waals surface area contributed by atoms with E-state index in [0.717, 1.165) is 47.4 Å². The minimum absolute atomic E-state index is 0.249. The Morgan fingerprint density at radius 1 is 0.966 bits per heavy atom. The lowest BCUT2D eigenvalue weighted by Gasteiger charge is -2.09. The molecule has 2 heterocycles. The molecule has 0 atom stereocenters. The van der Waals surface area contributed by atoms with Crippen LogP contribution in [0.15, 0.2) is 54.7 Å². The van der Waals surface area contributed by atoms with Crippen LogP contribution in [0.2, 0.25) is 0 Å². The third-order valence-corrected chi connectivity index (χ3v) is 5.26. The number of urea groups is 1. The van der Waals surface area contributed by atoms with Crippen molar-refractivity contribution in [2.45, 2.75) is 40.2 Å². The summed E-state index contributed by atoms with van der Waals surface area (Å²) < 4.78 is 2.35. The number of hydrogen-bond acceptors (Lipinski definition) is 2. The smallest absolute Gasteiger partial charge is 0.323 e. The van der Waals surface area contributed by atoms with Gasteiger partial charge in [0, 0.05) is 40.4 Å². The number of aromatic nitrogens is 2. The maximum Gasteiger partial charge on any atom is 0.323 e. The van der Waals surface area contributed by atoms with Crippen molar-refractivity contribution in [3.05, 3.63) is 66.0 Å². The number of anilines is 2. The molecule has 4 rings (SSSR count). The van der Waals surface area contributed by atoms with Crippen molar-refractivity contribution in [1.82, 2.24) is 9.55 Å². The molecule has 0 radical (unpaired) electrons. The average molecular weight is 386 g/mol. The molecule has 29 heavy (non-hydrogen) atoms. The minimum atomic E-state index is -0.249. The van der Waals surface area contributed by atoms with Crippen LogP contribution in [0.5, 0.6) is 0 Å². The molecule has 0 saturated carbocycles. The van der Waals surface area contributed by atoms with Crippen molar-refractivity contribution in [1.29, 1.82) is 0 Å². The number of nitrogens with one attached hydrogen (secondary N) is 2. The molecule has 0 spiro atoms. The highest BCUT2D eigenvalue weighted by Gasteiger charge is 2.14. The van der Waals surface area contributed by atoms with Gasteiger partial charge in [-0.2, -0.15) is 0 Å². The van der Waals surface area contributed by atoms with E-state index >= 15 is 0 Å². The predicted octanol–water partition coefficient (Wildman–Crippen LogP) is 6.25. The number of nitrogens with zero attached hydrogens (tertiary/aromatic N) is 2. The summed E-state index contributed by atoms with van der Waals surface area (Å²) in [6, 6.07) is 15.7. The molecule has 0 saturated heterocycles. The Morgan fingerprint density at radius 3 is 2.45 bits per heavy atom. The van der Waals surface area contributed by atoms with Gasteiger partial charge in [-0.1, -0.05) is 31.0 Å². The Morgan fingerprint density at radius 2 is 1.69 bits per heavy atom. The summed E-state index contributed by atoms with van der Waals surface area (Å²) in [7, 11) is 0. The molecular formula is C24H26N4O. The molecule has 0 bridgehead atoms. The standard InChI is InChI=1S/C24H26N4O/c1-4-5-14-28-22-11-10-19(15-21(22)20-12-13-25-17(3)23(20)28)27-24(29)26-18-8-6-16(2)7-9-18/h6-13,15H,4-5,14H2,1-3H3,(H2,26,27,29). The van der Waals surface area contributed by atoms with E-state index in [9.17, 15) is 4.79 Å². The van der Waals surface area contributed by atoms with Crippen molar-refractivity contribution in [2.24, 2.45) is 0 Å². The number of carbonyl (C=O) groups excluding carboxylic acids is 1. The molecule has 2 aromatic carbocycles. The lowest BCUT2D eigenvalue weighted by molar-refractivity contribution is 0.262. The van der Waals surface area contributed by atoms with Gasteiger partial charge in [-0.15, -0.1) is 0 Å². The fourth-order valence-corrected chi connectivity index (χ4v) is 3.78. The molecule has 0 aliphatic heterocycles. The van der Waals surface area contributed by atoms with Crippen LogP contribution in [0.4, 0.5) is 16.2 Å². The number of carbonyl (C=O) groups is 1. The van der Waals surface area contributed by atoms with Crippen molar-refractivity contribution >= 4 is 39.2 Å². The van der Waals surface area contributed by atoms with Gasteiger partial charge in [0.2, 0.25) is 0 Å². The Hall–Kier alpha value is -3.34. The normalized spacial score (nSPS) is 11.1. The van der Waals surface area contributed by atoms with Crippen LogP contribution < -0.4 is 10.6 Å². The second-order valence-corrected chi connectivity index (χ2v) is 7.47. The Labute approximate surface area is 170 Å². The zero-order valence-electron chi connectivity index (χ0n) is 17.1. The number of hydrogen-bond donors (Lipinski definition) is 2. The maximum atomic E-state index is 12.4. The number of unbranched alkanes of at least 4 members (excludes halogenated alkanes) is 1. The second-order valence-electron chi connectivity index (χ2n) is 7.47. The van der Waals surface area contributed by atoms with Gasteiger partial charge in [-0.05, 0) is 56.7 Å². The van der Waals surface area contributed by atoms with Gasteiger partial charge in [0.1, 0.15) is 0 Å². The summed E-state index contributed by atoms with van der Waals surface area (Å²) in [6.07, 6.45) is 4.11. The molecule has 2 amide bonds. The quantitative estimate of drug-likeness (QED) is 0.426. The Balaban J connectivity index is 1.66. The molecule has 0 aliphatic carbocycles. The SMILES string of the molecule is CCCCn1c2ccc(NC(=O)Nc3ccc(C)cc3)cc2c2ccnc(C)c21. The highest BCUT2D eigenvalue weighted by atomic mass is 16.2. The topological polar surface area (TPSA) is 59.0 Å². The van der Waals surface area contributed by atoms with Crippen LogP contribution in [0.3, 0.4) is 0 Å². The molecule has 0 unspecified atom stereocenters. The van der Waals surface area contributed by atoms with Crippen molar-refractivity contribution in [2.75, 3.05) is 10.6 Å². The van der Waals surface area contributed by atoms with Crippen LogP contribution >= 0.6 is 0 Å². The zero-order chi connectivity index (χ0) is 20.4. The summed E-state index contributed by atoms with van der Waals surface area (Å²) in [5.74, 6) is 0. The first-order valence-electron chi connectivity index (χ1n) is 10.1. The first-order chi connectivity index (χ1) is 14.1. The molecule has 2 aromatic heterocycles. The summed E-state index contributed by atoms with van der Waals surface area (Å²) in [5, 5.41) is 8.14. The molecule has 5 nitrogen and oxygen atoms in total. The number of fused-ring (bicyclic) bond motifs is 3. The summed E-state index contributed by atoms with van der Waals surface area (Å²) >= 11 is 0. The van der Waals surface area contributed by atoms with Gasteiger partial charge in [0.15, 0.2) is 0 Å². The lowest BCUT2D eigenvalue weighted by Crippen LogP contribution is -2.19. The second kappa shape index (κ2) is 7.95. The first-order valence-corrected chi connectivity index (χ1v) is 10.1. The van der Waals surface area contributed by atoms with E-state index in [0.29, 0.717) is 0 Å². The maximum absolute atomic E-state index is 12.4. The van der Waals surface area contributed by atoms with Crippen LogP contribution in [-0.4, -0.2) is 15.6 Å². The number of amides is 2. The van der Waals surface area contributed by atoms with E-state index in [1.165, 1.54) is 16.4 Å². The molecule has 148 valence electrons. The monoisotopic (exact) mass is 386 g/mol. The van der Waals surface area contributed by atoms with Crippen LogP contribution in [0, 0.1) is 13.8 Å². The van der Waals surface area contributed by atoms with Crippen molar-refractivity contribution < 1.29 is 4.79 Å². The molecule has 0 fully saturated rings. The molecule has 5 heteroatoms. The highest BCUT2D eigenvalue weighted by molar-refractivity contribution is 6.10. The van der Waals surface area contributed by atoms with Gasteiger partial charge in [-0.3, -0.25) is 4.98 Å². The zero-order valence-corrected chi connectivity index (χ0v) is 17.1. The summed E-state index contributed by atoms with van der Waals surface area (Å²) in [5.41, 5.74) is 6.08. The molecule has 0 aliphatic rings. The van der Waals surface area contributed by atoms with E-state index in [2.05, 4.69) is 46.2 Å². The van der Waals surface area contributed by atoms with Crippen molar-refractivity contribution in [3.8, 4) is 0 Å². The predicted molar refractivity (Wildman–Crippen MR) is 121 cm³/mol. The molecular weight excluding hydrogens is 360 g/mol. The summed E-state index contributed by atoms with van der Waals surface area (Å²) in [6.45, 7) is 7.24. The fraction of sp³-hybridized carbons (Fsp3) is 0.250. The van der Waals surface area contributed by atoms with E-state index in [-0.39, 0.29) is 6.03 Å². The number of aryl methyl sites for hydroxylation is 3. The Kier molecular flexibility index (Phi) is 5.21. The van der Waals surface area contributed by atoms with E-state index in [4.69, 9.17) is 0 Å². The molecule has 2 N–H and O–H groups in total. The van der Waals surface area contributed by atoms with E-state index in [1.54, 1.807) is 0 Å². The average Bonchev–Trinajstić information content (AvgIpc) is 3.02. The largest absolute Gasteiger partial charge is 0.339 e. The number of rotatable bonds is 5. The van der Waals surface area contributed by atoms with Gasteiger partial charge in [0.25, 0.3) is 0 Å². The van der Waals surface area contributed by atoms with Crippen molar-refractivity contribution in [3.63, 3.8) is 0 Å². The number of benzene rings is 2. The van der Waals surface area contributed by atoms with Gasteiger partial charge < -0.3 is 15.2 Å².